The zero-order valence-electron chi connectivity index (χ0n) is 17.0. The molecule has 4 nitrogen and oxygen atoms in total. The van der Waals surface area contributed by atoms with Crippen molar-refractivity contribution >= 4 is 5.91 Å². The molecule has 1 aliphatic heterocycles. The summed E-state index contributed by atoms with van der Waals surface area (Å²) >= 11 is 0. The average Bonchev–Trinajstić information content (AvgIpc) is 3.56. The third-order valence-corrected chi connectivity index (χ3v) is 5.69. The molecule has 154 valence electrons. The third-order valence-electron chi connectivity index (χ3n) is 5.69. The maximum Gasteiger partial charge on any atom is 0.219 e. The van der Waals surface area contributed by atoms with E-state index >= 15 is 0 Å². The number of halogens is 1. The van der Waals surface area contributed by atoms with Crippen LogP contribution >= 0.6 is 0 Å². The number of rotatable bonds is 8. The summed E-state index contributed by atoms with van der Waals surface area (Å²) in [6.45, 7) is 4.98. The predicted octanol–water partition coefficient (Wildman–Crippen LogP) is 4.53. The van der Waals surface area contributed by atoms with E-state index in [2.05, 4.69) is 22.3 Å². The van der Waals surface area contributed by atoms with Crippen LogP contribution in [0, 0.1) is 5.92 Å². The minimum Gasteiger partial charge on any atom is -0.493 e. The quantitative estimate of drug-likeness (QED) is 0.713. The van der Waals surface area contributed by atoms with Crippen LogP contribution in [0.1, 0.15) is 54.6 Å². The van der Waals surface area contributed by atoms with Gasteiger partial charge in [0, 0.05) is 32.6 Å². The molecule has 29 heavy (non-hydrogen) atoms. The molecule has 1 atom stereocenters. The van der Waals surface area contributed by atoms with Crippen molar-refractivity contribution in [3.8, 4) is 5.75 Å². The summed E-state index contributed by atoms with van der Waals surface area (Å²) in [6, 6.07) is 14.0. The van der Waals surface area contributed by atoms with Gasteiger partial charge in [0.05, 0.1) is 6.61 Å². The molecular weight excluding hydrogens is 367 g/mol. The number of hydrogen-bond acceptors (Lipinski definition) is 3. The minimum atomic E-state index is -0.994. The summed E-state index contributed by atoms with van der Waals surface area (Å²) in [7, 11) is 0. The fraction of sp³-hybridized carbons (Fsp3) is 0.458. The van der Waals surface area contributed by atoms with E-state index in [0.29, 0.717) is 32.0 Å². The smallest absolute Gasteiger partial charge is 0.219 e. The van der Waals surface area contributed by atoms with Crippen LogP contribution in [0.3, 0.4) is 0 Å². The van der Waals surface area contributed by atoms with Crippen LogP contribution in [0.25, 0.3) is 0 Å². The van der Waals surface area contributed by atoms with E-state index in [9.17, 15) is 9.18 Å². The normalized spacial score (nSPS) is 18.9. The van der Waals surface area contributed by atoms with Crippen LogP contribution in [-0.4, -0.2) is 24.0 Å². The van der Waals surface area contributed by atoms with Gasteiger partial charge >= 0.3 is 0 Å². The summed E-state index contributed by atoms with van der Waals surface area (Å²) < 4.78 is 20.7. The minimum absolute atomic E-state index is 0.0520. The maximum absolute atomic E-state index is 14.9. The summed E-state index contributed by atoms with van der Waals surface area (Å²) in [5.74, 6) is 1.53. The lowest BCUT2D eigenvalue weighted by Gasteiger charge is -2.31. The fourth-order valence-electron chi connectivity index (χ4n) is 3.69. The van der Waals surface area contributed by atoms with Crippen molar-refractivity contribution in [3.05, 3.63) is 64.7 Å². The number of amides is 1. The van der Waals surface area contributed by atoms with Crippen LogP contribution in [0.15, 0.2) is 42.5 Å². The number of benzene rings is 2. The molecule has 1 saturated carbocycles. The van der Waals surface area contributed by atoms with Gasteiger partial charge in [0.25, 0.3) is 0 Å². The molecule has 2 aliphatic rings. The van der Waals surface area contributed by atoms with Gasteiger partial charge in [0.1, 0.15) is 11.9 Å². The van der Waals surface area contributed by atoms with Crippen LogP contribution in [-0.2, 0) is 24.4 Å². The molecule has 0 bridgehead atoms. The largest absolute Gasteiger partial charge is 0.493 e. The van der Waals surface area contributed by atoms with E-state index < -0.39 is 6.17 Å². The number of carbonyl (C=O) groups is 1. The van der Waals surface area contributed by atoms with Gasteiger partial charge in [-0.15, -0.1) is 0 Å². The van der Waals surface area contributed by atoms with Gasteiger partial charge in [-0.05, 0) is 53.1 Å². The van der Waals surface area contributed by atoms with Crippen molar-refractivity contribution in [2.45, 2.75) is 52.0 Å². The number of alkyl halides is 1. The second-order valence-electron chi connectivity index (χ2n) is 8.20. The Balaban J connectivity index is 1.34. The molecule has 1 fully saturated rings. The molecule has 0 aromatic heterocycles. The number of nitrogens with zero attached hydrogens (tertiary/aromatic N) is 1. The highest BCUT2D eigenvalue weighted by Crippen LogP contribution is 2.34. The summed E-state index contributed by atoms with van der Waals surface area (Å²) in [6.07, 6.45) is 2.00. The molecule has 0 saturated heterocycles. The molecule has 1 unspecified atom stereocenters. The van der Waals surface area contributed by atoms with E-state index in [1.54, 1.807) is 0 Å². The van der Waals surface area contributed by atoms with Crippen molar-refractivity contribution in [1.29, 1.82) is 0 Å². The van der Waals surface area contributed by atoms with Crippen molar-refractivity contribution in [3.63, 3.8) is 0 Å². The van der Waals surface area contributed by atoms with Gasteiger partial charge in [-0.3, -0.25) is 9.69 Å². The van der Waals surface area contributed by atoms with E-state index in [1.165, 1.54) is 12.8 Å². The average molecular weight is 397 g/mol. The SMILES string of the molecule is CCC(=O)NCc1ccc(CN2Cc3ccc(OCC4CC4)cc3C(F)C2)cc1. The standard InChI is InChI=1S/C24H29FN2O2/c1-2-24(28)26-12-17-3-5-18(6-4-17)13-27-14-20-9-10-21(29-16-19-7-8-19)11-22(20)23(25)15-27/h3-6,9-11,19,23H,2,7-8,12-16H2,1H3,(H,26,28). The van der Waals surface area contributed by atoms with Crippen LogP contribution < -0.4 is 10.1 Å². The van der Waals surface area contributed by atoms with Crippen LogP contribution in [0.2, 0.25) is 0 Å². The fourth-order valence-corrected chi connectivity index (χ4v) is 3.69. The number of nitrogens with one attached hydrogen (secondary N) is 1. The monoisotopic (exact) mass is 396 g/mol. The lowest BCUT2D eigenvalue weighted by Crippen LogP contribution is -2.31. The number of hydrogen-bond donors (Lipinski definition) is 1. The zero-order chi connectivity index (χ0) is 20.2. The summed E-state index contributed by atoms with van der Waals surface area (Å²) in [4.78, 5) is 13.5. The predicted molar refractivity (Wildman–Crippen MR) is 111 cm³/mol. The summed E-state index contributed by atoms with van der Waals surface area (Å²) in [5, 5.41) is 2.88. The zero-order valence-corrected chi connectivity index (χ0v) is 17.0. The summed E-state index contributed by atoms with van der Waals surface area (Å²) in [5.41, 5.74) is 4.04. The first-order valence-corrected chi connectivity index (χ1v) is 10.6. The number of ether oxygens (including phenoxy) is 1. The Morgan fingerprint density at radius 2 is 1.93 bits per heavy atom. The lowest BCUT2D eigenvalue weighted by atomic mass is 9.97. The Morgan fingerprint density at radius 3 is 2.66 bits per heavy atom. The molecule has 4 rings (SSSR count). The second-order valence-corrected chi connectivity index (χ2v) is 8.20. The lowest BCUT2D eigenvalue weighted by molar-refractivity contribution is -0.120. The Hall–Kier alpha value is -2.40. The van der Waals surface area contributed by atoms with Gasteiger partial charge in [-0.1, -0.05) is 37.3 Å². The molecule has 1 aliphatic carbocycles. The van der Waals surface area contributed by atoms with Crippen molar-refractivity contribution in [2.24, 2.45) is 5.92 Å². The van der Waals surface area contributed by atoms with Crippen LogP contribution in [0.4, 0.5) is 4.39 Å². The van der Waals surface area contributed by atoms with E-state index in [0.717, 1.165) is 41.2 Å². The van der Waals surface area contributed by atoms with Gasteiger partial charge in [-0.25, -0.2) is 4.39 Å². The highest BCUT2D eigenvalue weighted by Gasteiger charge is 2.26. The van der Waals surface area contributed by atoms with Crippen LogP contribution in [0.5, 0.6) is 5.75 Å². The molecule has 0 spiro atoms. The van der Waals surface area contributed by atoms with E-state index in [-0.39, 0.29) is 5.91 Å². The van der Waals surface area contributed by atoms with E-state index in [4.69, 9.17) is 4.74 Å². The third kappa shape index (κ3) is 5.36. The van der Waals surface area contributed by atoms with Gasteiger partial charge in [0.15, 0.2) is 0 Å². The first kappa shape index (κ1) is 19.9. The molecule has 5 heteroatoms. The molecule has 1 amide bonds. The first-order valence-electron chi connectivity index (χ1n) is 10.6. The van der Waals surface area contributed by atoms with Gasteiger partial charge < -0.3 is 10.1 Å². The van der Waals surface area contributed by atoms with Crippen molar-refractivity contribution in [1.82, 2.24) is 10.2 Å². The Bertz CT molecular complexity index is 848. The molecular formula is C24H29FN2O2. The maximum atomic E-state index is 14.9. The molecule has 1 N–H and O–H groups in total. The highest BCUT2D eigenvalue weighted by molar-refractivity contribution is 5.75. The number of carbonyl (C=O) groups excluding carboxylic acids is 1. The topological polar surface area (TPSA) is 41.6 Å². The Morgan fingerprint density at radius 1 is 1.17 bits per heavy atom. The van der Waals surface area contributed by atoms with Crippen molar-refractivity contribution < 1.29 is 13.9 Å². The molecule has 1 heterocycles. The highest BCUT2D eigenvalue weighted by atomic mass is 19.1. The van der Waals surface area contributed by atoms with Gasteiger partial charge in [-0.2, -0.15) is 0 Å². The molecule has 2 aromatic carbocycles. The van der Waals surface area contributed by atoms with E-state index in [1.807, 2.05) is 37.3 Å². The first-order chi connectivity index (χ1) is 14.1. The Labute approximate surface area is 172 Å². The number of fused-ring (bicyclic) bond motifs is 1. The molecule has 2 aromatic rings. The Kier molecular flexibility index (Phi) is 6.14. The van der Waals surface area contributed by atoms with Crippen molar-refractivity contribution in [2.75, 3.05) is 13.2 Å². The molecule has 0 radical (unpaired) electrons. The second kappa shape index (κ2) is 8.95. The van der Waals surface area contributed by atoms with Gasteiger partial charge in [0.2, 0.25) is 5.91 Å².